The highest BCUT2D eigenvalue weighted by Gasteiger charge is 2.19. The molecule has 0 heterocycles. The van der Waals surface area contributed by atoms with Crippen molar-refractivity contribution in [2.45, 2.75) is 6.92 Å². The van der Waals surface area contributed by atoms with Gasteiger partial charge in [0, 0.05) is 13.6 Å². The fourth-order valence-corrected chi connectivity index (χ4v) is 1.39. The Labute approximate surface area is 108 Å². The van der Waals surface area contributed by atoms with E-state index in [1.807, 2.05) is 0 Å². The average molecular weight is 272 g/mol. The van der Waals surface area contributed by atoms with Crippen molar-refractivity contribution in [3.8, 4) is 0 Å². The lowest BCUT2D eigenvalue weighted by Crippen LogP contribution is -2.37. The van der Waals surface area contributed by atoms with Gasteiger partial charge in [0.1, 0.15) is 17.3 Å². The molecule has 0 saturated carbocycles. The second kappa shape index (κ2) is 6.12. The molecule has 2 amide bonds. The van der Waals surface area contributed by atoms with E-state index in [1.54, 1.807) is 0 Å². The van der Waals surface area contributed by atoms with Crippen LogP contribution in [-0.2, 0) is 4.79 Å². The van der Waals surface area contributed by atoms with E-state index < -0.39 is 35.2 Å². The van der Waals surface area contributed by atoms with Crippen LogP contribution in [0.5, 0.6) is 0 Å². The molecule has 19 heavy (non-hydrogen) atoms. The summed E-state index contributed by atoms with van der Waals surface area (Å²) in [5.74, 6) is -3.63. The van der Waals surface area contributed by atoms with Gasteiger partial charge in [0.15, 0.2) is 0 Å². The van der Waals surface area contributed by atoms with Gasteiger partial charge >= 0.3 is 12.0 Å². The molecule has 0 aliphatic heterocycles. The van der Waals surface area contributed by atoms with E-state index in [9.17, 15) is 18.4 Å². The second-order valence-electron chi connectivity index (χ2n) is 4.15. The lowest BCUT2D eigenvalue weighted by atomic mass is 10.2. The minimum absolute atomic E-state index is 0.0722. The summed E-state index contributed by atoms with van der Waals surface area (Å²) in [7, 11) is 1.34. The molecule has 1 atom stereocenters. The van der Waals surface area contributed by atoms with E-state index in [2.05, 4.69) is 5.32 Å². The molecule has 7 heteroatoms. The number of rotatable bonds is 4. The normalized spacial score (nSPS) is 11.8. The zero-order chi connectivity index (χ0) is 14.6. The van der Waals surface area contributed by atoms with E-state index in [0.717, 1.165) is 17.0 Å². The number of amides is 2. The number of halogens is 2. The first-order valence-electron chi connectivity index (χ1n) is 5.52. The molecule has 0 fully saturated rings. The van der Waals surface area contributed by atoms with E-state index >= 15 is 0 Å². The SMILES string of the molecule is CC(CN(C)C(=O)Nc1c(F)cccc1F)C(=O)O. The number of nitrogens with zero attached hydrogens (tertiary/aromatic N) is 1. The molecular weight excluding hydrogens is 258 g/mol. The maximum absolute atomic E-state index is 13.3. The smallest absolute Gasteiger partial charge is 0.321 e. The average Bonchev–Trinajstić information content (AvgIpc) is 2.33. The fraction of sp³-hybridized carbons (Fsp3) is 0.333. The van der Waals surface area contributed by atoms with Crippen LogP contribution in [0.15, 0.2) is 18.2 Å². The summed E-state index contributed by atoms with van der Waals surface area (Å²) in [5, 5.41) is 10.8. The third-order valence-corrected chi connectivity index (χ3v) is 2.51. The van der Waals surface area contributed by atoms with Crippen LogP contribution in [0, 0.1) is 17.6 Å². The van der Waals surface area contributed by atoms with Gasteiger partial charge < -0.3 is 15.3 Å². The minimum Gasteiger partial charge on any atom is -0.481 e. The number of para-hydroxylation sites is 1. The molecule has 1 rings (SSSR count). The van der Waals surface area contributed by atoms with Crippen LogP contribution in [0.3, 0.4) is 0 Å². The van der Waals surface area contributed by atoms with Crippen LogP contribution in [0.2, 0.25) is 0 Å². The summed E-state index contributed by atoms with van der Waals surface area (Å²) >= 11 is 0. The van der Waals surface area contributed by atoms with Crippen molar-refractivity contribution in [3.63, 3.8) is 0 Å². The summed E-state index contributed by atoms with van der Waals surface area (Å²) in [6.07, 6.45) is 0. The maximum Gasteiger partial charge on any atom is 0.321 e. The number of aliphatic carboxylic acids is 1. The van der Waals surface area contributed by atoms with E-state index in [4.69, 9.17) is 5.11 Å². The quantitative estimate of drug-likeness (QED) is 0.882. The topological polar surface area (TPSA) is 69.6 Å². The van der Waals surface area contributed by atoms with Gasteiger partial charge in [-0.15, -0.1) is 0 Å². The highest BCUT2D eigenvalue weighted by atomic mass is 19.1. The predicted molar refractivity (Wildman–Crippen MR) is 64.8 cm³/mol. The molecule has 1 unspecified atom stereocenters. The highest BCUT2D eigenvalue weighted by molar-refractivity contribution is 5.89. The number of hydrogen-bond donors (Lipinski definition) is 2. The molecule has 0 aliphatic rings. The van der Waals surface area contributed by atoms with Crippen molar-refractivity contribution in [2.75, 3.05) is 18.9 Å². The predicted octanol–water partition coefficient (Wildman–Crippen LogP) is 2.15. The van der Waals surface area contributed by atoms with Crippen LogP contribution >= 0.6 is 0 Å². The van der Waals surface area contributed by atoms with Gasteiger partial charge in [-0.25, -0.2) is 13.6 Å². The molecule has 104 valence electrons. The van der Waals surface area contributed by atoms with Gasteiger partial charge in [-0.05, 0) is 12.1 Å². The van der Waals surface area contributed by atoms with Gasteiger partial charge in [-0.2, -0.15) is 0 Å². The Morgan fingerprint density at radius 2 is 1.89 bits per heavy atom. The largest absolute Gasteiger partial charge is 0.481 e. The fourth-order valence-electron chi connectivity index (χ4n) is 1.39. The van der Waals surface area contributed by atoms with Crippen LogP contribution in [-0.4, -0.2) is 35.6 Å². The zero-order valence-electron chi connectivity index (χ0n) is 10.5. The van der Waals surface area contributed by atoms with Gasteiger partial charge in [0.05, 0.1) is 5.92 Å². The van der Waals surface area contributed by atoms with Crippen molar-refractivity contribution in [1.82, 2.24) is 4.90 Å². The lowest BCUT2D eigenvalue weighted by molar-refractivity contribution is -0.141. The van der Waals surface area contributed by atoms with Gasteiger partial charge in [-0.1, -0.05) is 13.0 Å². The number of urea groups is 1. The highest BCUT2D eigenvalue weighted by Crippen LogP contribution is 2.18. The number of nitrogens with one attached hydrogen (secondary N) is 1. The molecule has 2 N–H and O–H groups in total. The van der Waals surface area contributed by atoms with Crippen LogP contribution in [0.25, 0.3) is 0 Å². The van der Waals surface area contributed by atoms with Crippen molar-refractivity contribution < 1.29 is 23.5 Å². The molecule has 1 aromatic carbocycles. The molecule has 0 saturated heterocycles. The number of carbonyl (C=O) groups is 2. The van der Waals surface area contributed by atoms with Crippen molar-refractivity contribution in [3.05, 3.63) is 29.8 Å². The third kappa shape index (κ3) is 3.90. The Morgan fingerprint density at radius 1 is 1.37 bits per heavy atom. The number of hydrogen-bond acceptors (Lipinski definition) is 2. The Bertz CT molecular complexity index is 474. The number of anilines is 1. The van der Waals surface area contributed by atoms with Crippen LogP contribution < -0.4 is 5.32 Å². The molecule has 0 aliphatic carbocycles. The number of carboxylic acid groups (broad SMARTS) is 1. The number of carbonyl (C=O) groups excluding carboxylic acids is 1. The van der Waals surface area contributed by atoms with Gasteiger partial charge in [-0.3, -0.25) is 4.79 Å². The third-order valence-electron chi connectivity index (χ3n) is 2.51. The Hall–Kier alpha value is -2.18. The number of benzene rings is 1. The Morgan fingerprint density at radius 3 is 2.37 bits per heavy atom. The summed E-state index contributed by atoms with van der Waals surface area (Å²) in [6, 6.07) is 2.42. The summed E-state index contributed by atoms with van der Waals surface area (Å²) < 4.78 is 26.6. The first kappa shape index (κ1) is 14.9. The van der Waals surface area contributed by atoms with Gasteiger partial charge in [0.2, 0.25) is 0 Å². The number of carboxylic acids is 1. The van der Waals surface area contributed by atoms with Crippen molar-refractivity contribution >= 4 is 17.7 Å². The monoisotopic (exact) mass is 272 g/mol. The summed E-state index contributed by atoms with van der Waals surface area (Å²) in [6.45, 7) is 1.35. The summed E-state index contributed by atoms with van der Waals surface area (Å²) in [4.78, 5) is 23.4. The standard InChI is InChI=1S/C12H14F2N2O3/c1-7(11(17)18)6-16(2)12(19)15-10-8(13)4-3-5-9(10)14/h3-5,7H,6H2,1-2H3,(H,15,19)(H,17,18). The van der Waals surface area contributed by atoms with E-state index in [-0.39, 0.29) is 6.54 Å². The minimum atomic E-state index is -1.06. The van der Waals surface area contributed by atoms with Gasteiger partial charge in [0.25, 0.3) is 0 Å². The molecule has 1 aromatic rings. The first-order valence-corrected chi connectivity index (χ1v) is 5.52. The van der Waals surface area contributed by atoms with Crippen molar-refractivity contribution in [2.24, 2.45) is 5.92 Å². The lowest BCUT2D eigenvalue weighted by Gasteiger charge is -2.20. The second-order valence-corrected chi connectivity index (χ2v) is 4.15. The molecule has 0 bridgehead atoms. The molecular formula is C12H14F2N2O3. The first-order chi connectivity index (χ1) is 8.82. The molecule has 0 spiro atoms. The van der Waals surface area contributed by atoms with Crippen LogP contribution in [0.4, 0.5) is 19.3 Å². The molecule has 5 nitrogen and oxygen atoms in total. The van der Waals surface area contributed by atoms with E-state index in [1.165, 1.54) is 20.0 Å². The molecule has 0 radical (unpaired) electrons. The Balaban J connectivity index is 2.72. The van der Waals surface area contributed by atoms with Crippen molar-refractivity contribution in [1.29, 1.82) is 0 Å². The summed E-state index contributed by atoms with van der Waals surface area (Å²) in [5.41, 5.74) is -0.553. The molecule has 0 aromatic heterocycles. The maximum atomic E-state index is 13.3. The Kier molecular flexibility index (Phi) is 4.80. The van der Waals surface area contributed by atoms with Crippen LogP contribution in [0.1, 0.15) is 6.92 Å². The van der Waals surface area contributed by atoms with E-state index in [0.29, 0.717) is 0 Å². The zero-order valence-corrected chi connectivity index (χ0v) is 10.5.